The first kappa shape index (κ1) is 12.1. The quantitative estimate of drug-likeness (QED) is 0.719. The van der Waals surface area contributed by atoms with E-state index in [1.54, 1.807) is 12.1 Å². The van der Waals surface area contributed by atoms with Gasteiger partial charge in [-0.2, -0.15) is 0 Å². The Kier molecular flexibility index (Phi) is 3.30. The van der Waals surface area contributed by atoms with Crippen molar-refractivity contribution in [2.24, 2.45) is 5.73 Å². The predicted octanol–water partition coefficient (Wildman–Crippen LogP) is 2.09. The Bertz CT molecular complexity index is 577. The molecule has 18 heavy (non-hydrogen) atoms. The third kappa shape index (κ3) is 2.49. The number of carboxylic acid groups (broad SMARTS) is 1. The molecule has 2 aromatic carbocycles. The molecule has 92 valence electrons. The van der Waals surface area contributed by atoms with Gasteiger partial charge in [-0.3, -0.25) is 0 Å². The van der Waals surface area contributed by atoms with E-state index in [9.17, 15) is 4.79 Å². The summed E-state index contributed by atoms with van der Waals surface area (Å²) in [5, 5.41) is 8.99. The van der Waals surface area contributed by atoms with E-state index >= 15 is 0 Å². The molecule has 0 radical (unpaired) electrons. The van der Waals surface area contributed by atoms with Crippen LogP contribution in [-0.2, 0) is 6.54 Å². The maximum Gasteiger partial charge on any atom is 0.335 e. The fourth-order valence-electron chi connectivity index (χ4n) is 1.78. The van der Waals surface area contributed by atoms with Crippen LogP contribution in [0.25, 0.3) is 11.1 Å². The van der Waals surface area contributed by atoms with Crippen molar-refractivity contribution in [2.75, 3.05) is 5.73 Å². The highest BCUT2D eigenvalue weighted by atomic mass is 16.4. The molecule has 0 saturated heterocycles. The van der Waals surface area contributed by atoms with Crippen LogP contribution >= 0.6 is 0 Å². The third-order valence-electron chi connectivity index (χ3n) is 2.73. The molecule has 0 unspecified atom stereocenters. The van der Waals surface area contributed by atoms with Crippen molar-refractivity contribution in [3.05, 3.63) is 53.6 Å². The van der Waals surface area contributed by atoms with Crippen LogP contribution in [0.2, 0.25) is 0 Å². The molecule has 2 rings (SSSR count). The second-order valence-corrected chi connectivity index (χ2v) is 4.05. The average Bonchev–Trinajstić information content (AvgIpc) is 2.38. The summed E-state index contributed by atoms with van der Waals surface area (Å²) in [5.74, 6) is -0.984. The molecule has 0 bridgehead atoms. The molecule has 0 aromatic heterocycles. The summed E-state index contributed by atoms with van der Waals surface area (Å²) < 4.78 is 0. The van der Waals surface area contributed by atoms with Gasteiger partial charge in [0.1, 0.15) is 0 Å². The van der Waals surface area contributed by atoms with Crippen molar-refractivity contribution in [3.8, 4) is 11.1 Å². The van der Waals surface area contributed by atoms with Crippen molar-refractivity contribution in [2.45, 2.75) is 6.54 Å². The summed E-state index contributed by atoms with van der Waals surface area (Å²) in [5.41, 5.74) is 14.6. The van der Waals surface area contributed by atoms with Gasteiger partial charge in [-0.05, 0) is 34.9 Å². The first-order valence-corrected chi connectivity index (χ1v) is 5.53. The van der Waals surface area contributed by atoms with Gasteiger partial charge in [-0.15, -0.1) is 0 Å². The molecule has 0 fully saturated rings. The number of carbonyl (C=O) groups is 1. The van der Waals surface area contributed by atoms with Crippen LogP contribution in [0.3, 0.4) is 0 Å². The highest BCUT2D eigenvalue weighted by molar-refractivity contribution is 5.91. The Morgan fingerprint density at radius 1 is 1.06 bits per heavy atom. The van der Waals surface area contributed by atoms with Gasteiger partial charge in [0, 0.05) is 12.2 Å². The van der Waals surface area contributed by atoms with E-state index in [2.05, 4.69) is 0 Å². The highest BCUT2D eigenvalue weighted by Gasteiger charge is 2.07. The molecule has 4 nitrogen and oxygen atoms in total. The average molecular weight is 242 g/mol. The molecule has 0 aliphatic rings. The van der Waals surface area contributed by atoms with E-state index < -0.39 is 5.97 Å². The Balaban J connectivity index is 2.46. The molecular formula is C14H14N2O2. The molecule has 0 spiro atoms. The number of rotatable bonds is 3. The summed E-state index contributed by atoms with van der Waals surface area (Å²) in [6, 6.07) is 12.4. The normalized spacial score (nSPS) is 10.3. The van der Waals surface area contributed by atoms with E-state index in [1.807, 2.05) is 24.3 Å². The number of nitrogen functional groups attached to an aromatic ring is 1. The van der Waals surface area contributed by atoms with Crippen molar-refractivity contribution in [1.82, 2.24) is 0 Å². The standard InChI is InChI=1S/C14H14N2O2/c15-8-9-1-3-10(4-2-9)11-5-12(14(17)18)7-13(16)6-11/h1-7H,8,15-16H2,(H,17,18). The van der Waals surface area contributed by atoms with Gasteiger partial charge in [0.2, 0.25) is 0 Å². The molecule has 2 aromatic rings. The maximum absolute atomic E-state index is 11.0. The number of benzene rings is 2. The second-order valence-electron chi connectivity index (χ2n) is 4.05. The minimum atomic E-state index is -0.984. The van der Waals surface area contributed by atoms with Crippen molar-refractivity contribution in [3.63, 3.8) is 0 Å². The minimum absolute atomic E-state index is 0.188. The summed E-state index contributed by atoms with van der Waals surface area (Å²) in [7, 11) is 0. The molecule has 4 heteroatoms. The van der Waals surface area contributed by atoms with Gasteiger partial charge in [0.25, 0.3) is 0 Å². The van der Waals surface area contributed by atoms with Crippen LogP contribution in [0.5, 0.6) is 0 Å². The maximum atomic E-state index is 11.0. The van der Waals surface area contributed by atoms with Crippen molar-refractivity contribution < 1.29 is 9.90 Å². The molecular weight excluding hydrogens is 228 g/mol. The number of aromatic carboxylic acids is 1. The van der Waals surface area contributed by atoms with Crippen LogP contribution in [0, 0.1) is 0 Å². The van der Waals surface area contributed by atoms with Gasteiger partial charge in [-0.25, -0.2) is 4.79 Å². The monoisotopic (exact) mass is 242 g/mol. The second kappa shape index (κ2) is 4.89. The fraction of sp³-hybridized carbons (Fsp3) is 0.0714. The minimum Gasteiger partial charge on any atom is -0.478 e. The third-order valence-corrected chi connectivity index (χ3v) is 2.73. The lowest BCUT2D eigenvalue weighted by molar-refractivity contribution is 0.0697. The summed E-state index contributed by atoms with van der Waals surface area (Å²) in [6.07, 6.45) is 0. The van der Waals surface area contributed by atoms with E-state index in [0.29, 0.717) is 12.2 Å². The fourth-order valence-corrected chi connectivity index (χ4v) is 1.78. The molecule has 0 aliphatic heterocycles. The summed E-state index contributed by atoms with van der Waals surface area (Å²) in [4.78, 5) is 11.0. The molecule has 0 aliphatic carbocycles. The van der Waals surface area contributed by atoms with E-state index in [-0.39, 0.29) is 5.56 Å². The van der Waals surface area contributed by atoms with Crippen LogP contribution < -0.4 is 11.5 Å². The SMILES string of the molecule is NCc1ccc(-c2cc(N)cc(C(=O)O)c2)cc1. The Morgan fingerprint density at radius 2 is 1.72 bits per heavy atom. The van der Waals surface area contributed by atoms with Crippen molar-refractivity contribution >= 4 is 11.7 Å². The predicted molar refractivity (Wildman–Crippen MR) is 71.1 cm³/mol. The lowest BCUT2D eigenvalue weighted by atomic mass is 10.0. The van der Waals surface area contributed by atoms with Crippen LogP contribution in [0.15, 0.2) is 42.5 Å². The molecule has 0 atom stereocenters. The van der Waals surface area contributed by atoms with E-state index in [1.165, 1.54) is 6.07 Å². The molecule has 5 N–H and O–H groups in total. The van der Waals surface area contributed by atoms with Gasteiger partial charge < -0.3 is 16.6 Å². The Labute approximate surface area is 105 Å². The zero-order chi connectivity index (χ0) is 13.1. The zero-order valence-corrected chi connectivity index (χ0v) is 9.76. The van der Waals surface area contributed by atoms with Crippen molar-refractivity contribution in [1.29, 1.82) is 0 Å². The topological polar surface area (TPSA) is 89.3 Å². The lowest BCUT2D eigenvalue weighted by Gasteiger charge is -2.06. The largest absolute Gasteiger partial charge is 0.478 e. The van der Waals surface area contributed by atoms with E-state index in [4.69, 9.17) is 16.6 Å². The number of nitrogens with two attached hydrogens (primary N) is 2. The number of hydrogen-bond acceptors (Lipinski definition) is 3. The van der Waals surface area contributed by atoms with Crippen LogP contribution in [0.4, 0.5) is 5.69 Å². The van der Waals surface area contributed by atoms with Gasteiger partial charge >= 0.3 is 5.97 Å². The Hall–Kier alpha value is -2.33. The first-order chi connectivity index (χ1) is 8.60. The van der Waals surface area contributed by atoms with Gasteiger partial charge in [0.15, 0.2) is 0 Å². The summed E-state index contributed by atoms with van der Waals surface area (Å²) >= 11 is 0. The number of carboxylic acids is 1. The van der Waals surface area contributed by atoms with Crippen LogP contribution in [0.1, 0.15) is 15.9 Å². The van der Waals surface area contributed by atoms with Crippen LogP contribution in [-0.4, -0.2) is 11.1 Å². The number of anilines is 1. The lowest BCUT2D eigenvalue weighted by Crippen LogP contribution is -1.99. The van der Waals surface area contributed by atoms with E-state index in [0.717, 1.165) is 16.7 Å². The molecule has 0 heterocycles. The first-order valence-electron chi connectivity index (χ1n) is 5.53. The van der Waals surface area contributed by atoms with Gasteiger partial charge in [0.05, 0.1) is 5.56 Å². The smallest absolute Gasteiger partial charge is 0.335 e. The highest BCUT2D eigenvalue weighted by Crippen LogP contribution is 2.24. The van der Waals surface area contributed by atoms with Gasteiger partial charge in [-0.1, -0.05) is 24.3 Å². The molecule has 0 saturated carbocycles. The molecule has 0 amide bonds. The zero-order valence-electron chi connectivity index (χ0n) is 9.76. The number of hydrogen-bond donors (Lipinski definition) is 3. The summed E-state index contributed by atoms with van der Waals surface area (Å²) in [6.45, 7) is 0.484. The Morgan fingerprint density at radius 3 is 2.28 bits per heavy atom.